The number of anilines is 1. The van der Waals surface area contributed by atoms with Gasteiger partial charge in [0.15, 0.2) is 0 Å². The summed E-state index contributed by atoms with van der Waals surface area (Å²) in [6.45, 7) is 1.20. The van der Waals surface area contributed by atoms with Crippen LogP contribution in [0.2, 0.25) is 10.0 Å². The number of amides is 4. The van der Waals surface area contributed by atoms with Crippen LogP contribution in [0.5, 0.6) is 0 Å². The molecule has 2 rings (SSSR count). The van der Waals surface area contributed by atoms with Crippen LogP contribution in [0.4, 0.5) is 10.5 Å². The Hall–Kier alpha value is -1.87. The fourth-order valence-electron chi connectivity index (χ4n) is 2.94. The molecular formula is C18H24Cl2N4O4. The van der Waals surface area contributed by atoms with Gasteiger partial charge in [-0.2, -0.15) is 0 Å². The minimum Gasteiger partial charge on any atom is -0.383 e. The number of hydrogen-bond acceptors (Lipinski definition) is 5. The van der Waals surface area contributed by atoms with Crippen molar-refractivity contribution in [2.45, 2.75) is 25.3 Å². The second-order valence-corrected chi connectivity index (χ2v) is 7.21. The molecule has 1 aromatic rings. The first-order chi connectivity index (χ1) is 13.4. The third-order valence-electron chi connectivity index (χ3n) is 4.29. The number of urea groups is 1. The van der Waals surface area contributed by atoms with E-state index in [1.165, 1.54) is 7.11 Å². The summed E-state index contributed by atoms with van der Waals surface area (Å²) in [4.78, 5) is 38.3. The van der Waals surface area contributed by atoms with Gasteiger partial charge in [-0.1, -0.05) is 29.6 Å². The molecule has 0 bridgehead atoms. The molecule has 154 valence electrons. The number of benzene rings is 1. The van der Waals surface area contributed by atoms with Gasteiger partial charge in [-0.25, -0.2) is 4.79 Å². The van der Waals surface area contributed by atoms with Crippen molar-refractivity contribution >= 4 is 46.7 Å². The van der Waals surface area contributed by atoms with Crippen molar-refractivity contribution in [2.75, 3.05) is 38.7 Å². The Balaban J connectivity index is 1.91. The number of nitrogens with zero attached hydrogens (tertiary/aromatic N) is 1. The van der Waals surface area contributed by atoms with Gasteiger partial charge in [0.2, 0.25) is 11.8 Å². The summed E-state index contributed by atoms with van der Waals surface area (Å²) in [5.74, 6) is -0.695. The van der Waals surface area contributed by atoms with Crippen molar-refractivity contribution in [3.8, 4) is 0 Å². The Morgan fingerprint density at radius 3 is 2.71 bits per heavy atom. The smallest absolute Gasteiger partial charge is 0.321 e. The molecule has 1 aliphatic heterocycles. The SMILES string of the molecule is COCCNC(=O)NC(=O)CN1CCCCC1C(=O)Nc1ccc(Cl)c(Cl)c1. The lowest BCUT2D eigenvalue weighted by atomic mass is 10.0. The van der Waals surface area contributed by atoms with Crippen LogP contribution in [-0.2, 0) is 14.3 Å². The van der Waals surface area contributed by atoms with E-state index in [0.29, 0.717) is 41.8 Å². The van der Waals surface area contributed by atoms with E-state index in [0.717, 1.165) is 12.8 Å². The molecule has 0 radical (unpaired) electrons. The zero-order valence-electron chi connectivity index (χ0n) is 15.6. The zero-order chi connectivity index (χ0) is 20.5. The van der Waals surface area contributed by atoms with Gasteiger partial charge in [0.25, 0.3) is 0 Å². The Labute approximate surface area is 173 Å². The molecule has 4 amide bonds. The molecule has 1 aromatic carbocycles. The van der Waals surface area contributed by atoms with Crippen LogP contribution in [-0.4, -0.2) is 62.1 Å². The number of imide groups is 1. The van der Waals surface area contributed by atoms with Gasteiger partial charge in [-0.3, -0.25) is 19.8 Å². The first-order valence-electron chi connectivity index (χ1n) is 8.97. The maximum absolute atomic E-state index is 12.7. The van der Waals surface area contributed by atoms with E-state index in [2.05, 4.69) is 16.0 Å². The van der Waals surface area contributed by atoms with Gasteiger partial charge in [-0.05, 0) is 37.6 Å². The number of nitrogens with one attached hydrogen (secondary N) is 3. The van der Waals surface area contributed by atoms with Crippen LogP contribution in [0.15, 0.2) is 18.2 Å². The minimum absolute atomic E-state index is 0.0445. The highest BCUT2D eigenvalue weighted by Crippen LogP contribution is 2.26. The zero-order valence-corrected chi connectivity index (χ0v) is 17.1. The van der Waals surface area contributed by atoms with Crippen molar-refractivity contribution in [2.24, 2.45) is 0 Å². The van der Waals surface area contributed by atoms with Crippen LogP contribution in [0.1, 0.15) is 19.3 Å². The van der Waals surface area contributed by atoms with E-state index in [1.807, 2.05) is 0 Å². The van der Waals surface area contributed by atoms with Crippen molar-refractivity contribution in [3.05, 3.63) is 28.2 Å². The summed E-state index contributed by atoms with van der Waals surface area (Å²) >= 11 is 11.9. The summed E-state index contributed by atoms with van der Waals surface area (Å²) in [7, 11) is 1.52. The number of carbonyl (C=O) groups excluding carboxylic acids is 3. The fraction of sp³-hybridized carbons (Fsp3) is 0.500. The molecule has 0 aliphatic carbocycles. The first kappa shape index (κ1) is 22.4. The van der Waals surface area contributed by atoms with Gasteiger partial charge in [0, 0.05) is 19.3 Å². The highest BCUT2D eigenvalue weighted by atomic mass is 35.5. The standard InChI is InChI=1S/C18H24Cl2N4O4/c1-28-9-7-21-18(27)23-16(25)11-24-8-3-2-4-15(24)17(26)22-12-5-6-13(19)14(20)10-12/h5-6,10,15H,2-4,7-9,11H2,1H3,(H,22,26)(H2,21,23,25,27). The molecule has 0 aromatic heterocycles. The van der Waals surface area contributed by atoms with Crippen molar-refractivity contribution < 1.29 is 19.1 Å². The quantitative estimate of drug-likeness (QED) is 0.576. The van der Waals surface area contributed by atoms with Crippen LogP contribution in [0.25, 0.3) is 0 Å². The molecule has 10 heteroatoms. The average molecular weight is 431 g/mol. The third kappa shape index (κ3) is 6.94. The molecular weight excluding hydrogens is 407 g/mol. The van der Waals surface area contributed by atoms with Crippen LogP contribution in [0, 0.1) is 0 Å². The normalized spacial score (nSPS) is 17.0. The number of piperidine rings is 1. The maximum atomic E-state index is 12.7. The Kier molecular flexibility index (Phi) is 8.98. The van der Waals surface area contributed by atoms with Crippen LogP contribution < -0.4 is 16.0 Å². The van der Waals surface area contributed by atoms with Crippen molar-refractivity contribution in [1.82, 2.24) is 15.5 Å². The first-order valence-corrected chi connectivity index (χ1v) is 9.73. The summed E-state index contributed by atoms with van der Waals surface area (Å²) in [6.07, 6.45) is 2.39. The monoisotopic (exact) mass is 430 g/mol. The second kappa shape index (κ2) is 11.2. The Morgan fingerprint density at radius 1 is 1.21 bits per heavy atom. The number of rotatable bonds is 7. The molecule has 0 saturated carbocycles. The molecule has 0 spiro atoms. The van der Waals surface area contributed by atoms with E-state index in [1.54, 1.807) is 23.1 Å². The molecule has 1 unspecified atom stereocenters. The number of likely N-dealkylation sites (tertiary alicyclic amines) is 1. The number of methoxy groups -OCH3 is 1. The lowest BCUT2D eigenvalue weighted by Crippen LogP contribution is -2.52. The fourth-order valence-corrected chi connectivity index (χ4v) is 3.24. The number of ether oxygens (including phenoxy) is 1. The molecule has 1 aliphatic rings. The van der Waals surface area contributed by atoms with Crippen LogP contribution in [0.3, 0.4) is 0 Å². The Morgan fingerprint density at radius 2 is 2.00 bits per heavy atom. The predicted molar refractivity (Wildman–Crippen MR) is 108 cm³/mol. The molecule has 1 heterocycles. The summed E-state index contributed by atoms with van der Waals surface area (Å²) in [5, 5.41) is 8.33. The van der Waals surface area contributed by atoms with Gasteiger partial charge in [0.05, 0.1) is 29.2 Å². The molecule has 1 atom stereocenters. The predicted octanol–water partition coefficient (Wildman–Crippen LogP) is 2.26. The molecule has 8 nitrogen and oxygen atoms in total. The Bertz CT molecular complexity index is 717. The summed E-state index contributed by atoms with van der Waals surface area (Å²) < 4.78 is 4.83. The highest BCUT2D eigenvalue weighted by Gasteiger charge is 2.30. The minimum atomic E-state index is -0.587. The largest absolute Gasteiger partial charge is 0.383 e. The van der Waals surface area contributed by atoms with Crippen LogP contribution >= 0.6 is 23.2 Å². The average Bonchev–Trinajstić information content (AvgIpc) is 2.65. The van der Waals surface area contributed by atoms with E-state index < -0.39 is 18.0 Å². The second-order valence-electron chi connectivity index (χ2n) is 6.40. The van der Waals surface area contributed by atoms with Gasteiger partial charge < -0.3 is 15.4 Å². The van der Waals surface area contributed by atoms with E-state index in [9.17, 15) is 14.4 Å². The van der Waals surface area contributed by atoms with Crippen molar-refractivity contribution in [1.29, 1.82) is 0 Å². The molecule has 1 fully saturated rings. The molecule has 1 saturated heterocycles. The van der Waals surface area contributed by atoms with E-state index >= 15 is 0 Å². The summed E-state index contributed by atoms with van der Waals surface area (Å²) in [6, 6.07) is 3.79. The van der Waals surface area contributed by atoms with E-state index in [4.69, 9.17) is 27.9 Å². The topological polar surface area (TPSA) is 99.8 Å². The molecule has 28 heavy (non-hydrogen) atoms. The summed E-state index contributed by atoms with van der Waals surface area (Å²) in [5.41, 5.74) is 0.534. The highest BCUT2D eigenvalue weighted by molar-refractivity contribution is 6.42. The number of hydrogen-bond donors (Lipinski definition) is 3. The molecule has 3 N–H and O–H groups in total. The number of halogens is 2. The van der Waals surface area contributed by atoms with Gasteiger partial charge in [0.1, 0.15) is 0 Å². The number of carbonyl (C=O) groups is 3. The van der Waals surface area contributed by atoms with E-state index in [-0.39, 0.29) is 12.5 Å². The lowest BCUT2D eigenvalue weighted by Gasteiger charge is -2.34. The van der Waals surface area contributed by atoms with Gasteiger partial charge in [-0.15, -0.1) is 0 Å². The van der Waals surface area contributed by atoms with Gasteiger partial charge >= 0.3 is 6.03 Å². The van der Waals surface area contributed by atoms with Crippen molar-refractivity contribution in [3.63, 3.8) is 0 Å². The maximum Gasteiger partial charge on any atom is 0.321 e. The lowest BCUT2D eigenvalue weighted by molar-refractivity contribution is -0.126. The third-order valence-corrected chi connectivity index (χ3v) is 5.03.